The van der Waals surface area contributed by atoms with Crippen molar-refractivity contribution in [2.45, 2.75) is 33.6 Å². The molecule has 0 radical (unpaired) electrons. The van der Waals surface area contributed by atoms with Gasteiger partial charge in [-0.3, -0.25) is 4.79 Å². The maximum Gasteiger partial charge on any atom is 0.256 e. The molecule has 1 aromatic carbocycles. The second-order valence-electron chi connectivity index (χ2n) is 4.63. The van der Waals surface area contributed by atoms with Crippen LogP contribution >= 0.6 is 0 Å². The largest absolute Gasteiger partial charge is 0.339 e. The Balaban J connectivity index is 2.92. The van der Waals surface area contributed by atoms with Crippen LogP contribution in [0.2, 0.25) is 0 Å². The topological polar surface area (TPSA) is 20.3 Å². The molecule has 0 unspecified atom stereocenters. The minimum atomic E-state index is -1.06. The van der Waals surface area contributed by atoms with Crippen molar-refractivity contribution in [2.24, 2.45) is 5.92 Å². The van der Waals surface area contributed by atoms with Gasteiger partial charge in [0, 0.05) is 13.1 Å². The third-order valence-electron chi connectivity index (χ3n) is 3.48. The Morgan fingerprint density at radius 1 is 1.21 bits per heavy atom. The highest BCUT2D eigenvalue weighted by Crippen LogP contribution is 2.16. The summed E-state index contributed by atoms with van der Waals surface area (Å²) in [4.78, 5) is 13.8. The molecule has 0 spiro atoms. The number of benzene rings is 1. The van der Waals surface area contributed by atoms with Crippen molar-refractivity contribution in [1.82, 2.24) is 4.90 Å². The molecule has 1 rings (SSSR count). The van der Waals surface area contributed by atoms with Gasteiger partial charge in [0.05, 0.1) is 5.56 Å². The lowest BCUT2D eigenvalue weighted by Crippen LogP contribution is -2.35. The predicted octanol–water partition coefficient (Wildman–Crippen LogP) is 3.86. The zero-order valence-electron chi connectivity index (χ0n) is 11.7. The predicted molar refractivity (Wildman–Crippen MR) is 72.0 cm³/mol. The lowest BCUT2D eigenvalue weighted by molar-refractivity contribution is 0.0729. The van der Waals surface area contributed by atoms with Gasteiger partial charge in [0.15, 0.2) is 11.6 Å². The van der Waals surface area contributed by atoms with Gasteiger partial charge in [-0.05, 0) is 25.0 Å². The van der Waals surface area contributed by atoms with Crippen LogP contribution in [0.25, 0.3) is 0 Å². The number of hydrogen-bond donors (Lipinski definition) is 0. The fourth-order valence-electron chi connectivity index (χ4n) is 2.05. The Morgan fingerprint density at radius 3 is 2.37 bits per heavy atom. The van der Waals surface area contributed by atoms with E-state index in [1.807, 2.05) is 6.92 Å². The molecule has 0 atom stereocenters. The molecule has 2 nitrogen and oxygen atoms in total. The molecule has 0 bridgehead atoms. The molecule has 0 fully saturated rings. The van der Waals surface area contributed by atoms with Crippen LogP contribution in [0.15, 0.2) is 18.2 Å². The maximum atomic E-state index is 13.6. The number of rotatable bonds is 6. The van der Waals surface area contributed by atoms with Crippen molar-refractivity contribution in [3.63, 3.8) is 0 Å². The highest BCUT2D eigenvalue weighted by Gasteiger charge is 2.21. The van der Waals surface area contributed by atoms with Crippen molar-refractivity contribution in [2.75, 3.05) is 13.1 Å². The number of halogens is 2. The third-order valence-corrected chi connectivity index (χ3v) is 3.48. The van der Waals surface area contributed by atoms with E-state index in [-0.39, 0.29) is 5.56 Å². The van der Waals surface area contributed by atoms with Gasteiger partial charge >= 0.3 is 0 Å². The van der Waals surface area contributed by atoms with Crippen LogP contribution in [-0.2, 0) is 0 Å². The SMILES string of the molecule is CCC(CC)CN(CC)C(=O)c1cccc(F)c1F. The Kier molecular flexibility index (Phi) is 5.93. The number of nitrogens with zero attached hydrogens (tertiary/aromatic N) is 1. The molecule has 4 heteroatoms. The molecule has 0 aliphatic heterocycles. The molecule has 0 aromatic heterocycles. The second-order valence-corrected chi connectivity index (χ2v) is 4.63. The minimum absolute atomic E-state index is 0.187. The van der Waals surface area contributed by atoms with Crippen LogP contribution in [0.1, 0.15) is 44.0 Å². The van der Waals surface area contributed by atoms with Crippen LogP contribution in [0.4, 0.5) is 8.78 Å². The number of carbonyl (C=O) groups excluding carboxylic acids is 1. The Labute approximate surface area is 113 Å². The molecule has 0 saturated heterocycles. The van der Waals surface area contributed by atoms with E-state index >= 15 is 0 Å². The van der Waals surface area contributed by atoms with Gasteiger partial charge in [0.25, 0.3) is 5.91 Å². The highest BCUT2D eigenvalue weighted by molar-refractivity contribution is 5.94. The van der Waals surface area contributed by atoms with Gasteiger partial charge in [-0.25, -0.2) is 8.78 Å². The van der Waals surface area contributed by atoms with E-state index in [0.29, 0.717) is 19.0 Å². The van der Waals surface area contributed by atoms with E-state index < -0.39 is 17.5 Å². The first-order valence-electron chi connectivity index (χ1n) is 6.78. The van der Waals surface area contributed by atoms with Gasteiger partial charge in [-0.15, -0.1) is 0 Å². The molecule has 0 aliphatic carbocycles. The van der Waals surface area contributed by atoms with Crippen LogP contribution in [0.3, 0.4) is 0 Å². The number of amides is 1. The lowest BCUT2D eigenvalue weighted by Gasteiger charge is -2.25. The molecular weight excluding hydrogens is 248 g/mol. The molecule has 0 aliphatic rings. The minimum Gasteiger partial charge on any atom is -0.339 e. The first kappa shape index (κ1) is 15.6. The summed E-state index contributed by atoms with van der Waals surface area (Å²) in [6, 6.07) is 3.70. The van der Waals surface area contributed by atoms with Crippen molar-refractivity contribution in [3.05, 3.63) is 35.4 Å². The van der Waals surface area contributed by atoms with E-state index in [2.05, 4.69) is 13.8 Å². The Hall–Kier alpha value is -1.45. The Morgan fingerprint density at radius 2 is 1.84 bits per heavy atom. The van der Waals surface area contributed by atoms with Crippen molar-refractivity contribution >= 4 is 5.91 Å². The fraction of sp³-hybridized carbons (Fsp3) is 0.533. The summed E-state index contributed by atoms with van der Waals surface area (Å²) in [7, 11) is 0. The lowest BCUT2D eigenvalue weighted by atomic mass is 10.0. The Bertz CT molecular complexity index is 430. The smallest absolute Gasteiger partial charge is 0.256 e. The van der Waals surface area contributed by atoms with Crippen LogP contribution in [-0.4, -0.2) is 23.9 Å². The van der Waals surface area contributed by atoms with Crippen molar-refractivity contribution in [1.29, 1.82) is 0 Å². The first-order chi connectivity index (χ1) is 9.04. The van der Waals surface area contributed by atoms with Crippen LogP contribution in [0, 0.1) is 17.6 Å². The zero-order chi connectivity index (χ0) is 14.4. The van der Waals surface area contributed by atoms with Crippen LogP contribution < -0.4 is 0 Å². The second kappa shape index (κ2) is 7.22. The van der Waals surface area contributed by atoms with Gasteiger partial charge < -0.3 is 4.90 Å². The van der Waals surface area contributed by atoms with Gasteiger partial charge in [-0.2, -0.15) is 0 Å². The summed E-state index contributed by atoms with van der Waals surface area (Å²) in [5.74, 6) is -2.09. The monoisotopic (exact) mass is 269 g/mol. The molecule has 0 N–H and O–H groups in total. The number of hydrogen-bond acceptors (Lipinski definition) is 1. The standard InChI is InChI=1S/C15H21F2NO/c1-4-11(5-2)10-18(6-3)15(19)12-8-7-9-13(16)14(12)17/h7-9,11H,4-6,10H2,1-3H3. The average Bonchev–Trinajstić information content (AvgIpc) is 2.43. The molecule has 0 saturated carbocycles. The van der Waals surface area contributed by atoms with Gasteiger partial charge in [0.2, 0.25) is 0 Å². The molecule has 106 valence electrons. The number of carbonyl (C=O) groups is 1. The fourth-order valence-corrected chi connectivity index (χ4v) is 2.05. The van der Waals surface area contributed by atoms with Crippen LogP contribution in [0.5, 0.6) is 0 Å². The van der Waals surface area contributed by atoms with E-state index in [0.717, 1.165) is 18.9 Å². The summed E-state index contributed by atoms with van der Waals surface area (Å²) in [6.07, 6.45) is 1.93. The van der Waals surface area contributed by atoms with Crippen molar-refractivity contribution in [3.8, 4) is 0 Å². The normalized spacial score (nSPS) is 10.8. The third kappa shape index (κ3) is 3.75. The van der Waals surface area contributed by atoms with E-state index in [1.165, 1.54) is 12.1 Å². The first-order valence-corrected chi connectivity index (χ1v) is 6.78. The average molecular weight is 269 g/mol. The highest BCUT2D eigenvalue weighted by atomic mass is 19.2. The quantitative estimate of drug-likeness (QED) is 0.768. The van der Waals surface area contributed by atoms with E-state index in [9.17, 15) is 13.6 Å². The van der Waals surface area contributed by atoms with Gasteiger partial charge in [0.1, 0.15) is 0 Å². The molecule has 0 heterocycles. The molecule has 1 aromatic rings. The van der Waals surface area contributed by atoms with E-state index in [1.54, 1.807) is 4.90 Å². The van der Waals surface area contributed by atoms with E-state index in [4.69, 9.17) is 0 Å². The summed E-state index contributed by atoms with van der Waals surface area (Å²) in [6.45, 7) is 7.05. The van der Waals surface area contributed by atoms with Gasteiger partial charge in [-0.1, -0.05) is 32.8 Å². The zero-order valence-corrected chi connectivity index (χ0v) is 11.7. The van der Waals surface area contributed by atoms with Crippen molar-refractivity contribution < 1.29 is 13.6 Å². The summed E-state index contributed by atoms with van der Waals surface area (Å²) >= 11 is 0. The summed E-state index contributed by atoms with van der Waals surface area (Å²) in [5, 5.41) is 0. The molecule has 19 heavy (non-hydrogen) atoms. The maximum absolute atomic E-state index is 13.6. The summed E-state index contributed by atoms with van der Waals surface area (Å²) < 4.78 is 26.8. The summed E-state index contributed by atoms with van der Waals surface area (Å²) in [5.41, 5.74) is -0.187. The molecular formula is C15H21F2NO. The molecule has 1 amide bonds.